The first-order valence-corrected chi connectivity index (χ1v) is 7.55. The number of benzene rings is 1. The monoisotopic (exact) mass is 305 g/mol. The molecule has 1 aromatic carbocycles. The van der Waals surface area contributed by atoms with E-state index in [-0.39, 0.29) is 18.2 Å². The van der Waals surface area contributed by atoms with E-state index in [1.165, 1.54) is 0 Å². The van der Waals surface area contributed by atoms with Crippen molar-refractivity contribution in [2.75, 3.05) is 32.1 Å². The molecular formula is C16H23N3O3. The van der Waals surface area contributed by atoms with Crippen molar-refractivity contribution < 1.29 is 14.3 Å². The molecule has 2 rings (SSSR count). The van der Waals surface area contributed by atoms with Crippen molar-refractivity contribution in [3.63, 3.8) is 0 Å². The van der Waals surface area contributed by atoms with Crippen molar-refractivity contribution in [1.82, 2.24) is 10.6 Å². The van der Waals surface area contributed by atoms with Gasteiger partial charge in [0.15, 0.2) is 0 Å². The first-order valence-electron chi connectivity index (χ1n) is 7.55. The van der Waals surface area contributed by atoms with Gasteiger partial charge in [-0.3, -0.25) is 9.59 Å². The van der Waals surface area contributed by atoms with Crippen LogP contribution in [-0.4, -0.2) is 44.2 Å². The highest BCUT2D eigenvalue weighted by Gasteiger charge is 2.39. The number of hydrogen-bond donors (Lipinski definition) is 3. The predicted octanol–water partition coefficient (Wildman–Crippen LogP) is 0.900. The second-order valence-corrected chi connectivity index (χ2v) is 5.37. The molecule has 3 N–H and O–H groups in total. The summed E-state index contributed by atoms with van der Waals surface area (Å²) in [7, 11) is 1.56. The Balaban J connectivity index is 1.75. The molecule has 1 saturated heterocycles. The van der Waals surface area contributed by atoms with Gasteiger partial charge < -0.3 is 20.7 Å². The van der Waals surface area contributed by atoms with E-state index in [9.17, 15) is 9.59 Å². The number of hydrogen-bond acceptors (Lipinski definition) is 4. The second kappa shape index (κ2) is 7.91. The van der Waals surface area contributed by atoms with Crippen molar-refractivity contribution in [3.8, 4) is 0 Å². The minimum absolute atomic E-state index is 0.122. The number of rotatable bonds is 6. The molecule has 0 spiro atoms. The number of methoxy groups -OCH3 is 1. The lowest BCUT2D eigenvalue weighted by atomic mass is 9.91. The van der Waals surface area contributed by atoms with E-state index in [2.05, 4.69) is 16.0 Å². The molecule has 0 bridgehead atoms. The molecule has 1 heterocycles. The van der Waals surface area contributed by atoms with Crippen LogP contribution in [0.15, 0.2) is 30.3 Å². The molecule has 0 unspecified atom stereocenters. The van der Waals surface area contributed by atoms with Crippen LogP contribution in [0.3, 0.4) is 0 Å². The fourth-order valence-electron chi connectivity index (χ4n) is 2.55. The van der Waals surface area contributed by atoms with Gasteiger partial charge in [-0.2, -0.15) is 0 Å². The summed E-state index contributed by atoms with van der Waals surface area (Å²) in [6.07, 6.45) is 1.52. The van der Waals surface area contributed by atoms with Gasteiger partial charge in [0.1, 0.15) is 5.60 Å². The second-order valence-electron chi connectivity index (χ2n) is 5.37. The van der Waals surface area contributed by atoms with Crippen LogP contribution in [0, 0.1) is 0 Å². The highest BCUT2D eigenvalue weighted by Crippen LogP contribution is 2.22. The third kappa shape index (κ3) is 4.29. The van der Waals surface area contributed by atoms with Gasteiger partial charge in [-0.05, 0) is 38.1 Å². The lowest BCUT2D eigenvalue weighted by Gasteiger charge is -2.34. The van der Waals surface area contributed by atoms with Crippen LogP contribution >= 0.6 is 0 Å². The quantitative estimate of drug-likeness (QED) is 0.729. The maximum atomic E-state index is 12.3. The van der Waals surface area contributed by atoms with E-state index in [4.69, 9.17) is 4.74 Å². The van der Waals surface area contributed by atoms with Gasteiger partial charge in [-0.15, -0.1) is 0 Å². The first kappa shape index (κ1) is 16.5. The van der Waals surface area contributed by atoms with Gasteiger partial charge in [-0.25, -0.2) is 0 Å². The Kier molecular flexibility index (Phi) is 5.91. The Morgan fingerprint density at radius 2 is 1.91 bits per heavy atom. The predicted molar refractivity (Wildman–Crippen MR) is 84.5 cm³/mol. The summed E-state index contributed by atoms with van der Waals surface area (Å²) in [5, 5.41) is 8.80. The molecule has 2 amide bonds. The summed E-state index contributed by atoms with van der Waals surface area (Å²) in [5.41, 5.74) is -0.00761. The van der Waals surface area contributed by atoms with E-state index >= 15 is 0 Å². The molecule has 0 aliphatic carbocycles. The highest BCUT2D eigenvalue weighted by atomic mass is 16.5. The molecule has 0 saturated carbocycles. The zero-order valence-corrected chi connectivity index (χ0v) is 12.9. The first-order chi connectivity index (χ1) is 10.7. The van der Waals surface area contributed by atoms with E-state index in [0.29, 0.717) is 19.4 Å². The molecule has 22 heavy (non-hydrogen) atoms. The molecule has 1 fully saturated rings. The summed E-state index contributed by atoms with van der Waals surface area (Å²) < 4.78 is 5.44. The molecule has 6 heteroatoms. The normalized spacial score (nSPS) is 16.8. The van der Waals surface area contributed by atoms with Crippen molar-refractivity contribution in [1.29, 1.82) is 0 Å². The third-order valence-electron chi connectivity index (χ3n) is 3.91. The summed E-state index contributed by atoms with van der Waals surface area (Å²) >= 11 is 0. The lowest BCUT2D eigenvalue weighted by molar-refractivity contribution is -0.146. The molecular weight excluding hydrogens is 282 g/mol. The SMILES string of the molecule is COC1(C(=O)NCCC(=O)Nc2ccccc2)CCNCC1. The Labute approximate surface area is 130 Å². The van der Waals surface area contributed by atoms with Crippen LogP contribution in [0.1, 0.15) is 19.3 Å². The van der Waals surface area contributed by atoms with Gasteiger partial charge in [0.2, 0.25) is 5.91 Å². The Morgan fingerprint density at radius 3 is 2.55 bits per heavy atom. The van der Waals surface area contributed by atoms with Crippen LogP contribution in [0.5, 0.6) is 0 Å². The smallest absolute Gasteiger partial charge is 0.252 e. The molecule has 1 aliphatic heterocycles. The number of amides is 2. The fraction of sp³-hybridized carbons (Fsp3) is 0.500. The minimum atomic E-state index is -0.763. The Bertz CT molecular complexity index is 499. The van der Waals surface area contributed by atoms with Gasteiger partial charge >= 0.3 is 0 Å². The van der Waals surface area contributed by atoms with Crippen LogP contribution in [0.25, 0.3) is 0 Å². The van der Waals surface area contributed by atoms with Crippen molar-refractivity contribution in [2.24, 2.45) is 0 Å². The van der Waals surface area contributed by atoms with E-state index in [1.54, 1.807) is 7.11 Å². The fourth-order valence-corrected chi connectivity index (χ4v) is 2.55. The van der Waals surface area contributed by atoms with Crippen molar-refractivity contribution in [2.45, 2.75) is 24.9 Å². The zero-order chi connectivity index (χ0) is 15.8. The molecule has 0 aromatic heterocycles. The molecule has 0 radical (unpaired) electrons. The molecule has 0 atom stereocenters. The number of carbonyl (C=O) groups excluding carboxylic acids is 2. The average Bonchev–Trinajstić information content (AvgIpc) is 2.56. The van der Waals surface area contributed by atoms with Gasteiger partial charge in [0, 0.05) is 25.8 Å². The van der Waals surface area contributed by atoms with Crippen molar-refractivity contribution >= 4 is 17.5 Å². The molecule has 120 valence electrons. The summed E-state index contributed by atoms with van der Waals surface area (Å²) in [5.74, 6) is -0.257. The van der Waals surface area contributed by atoms with E-state index < -0.39 is 5.60 Å². The van der Waals surface area contributed by atoms with Gasteiger partial charge in [-0.1, -0.05) is 18.2 Å². The van der Waals surface area contributed by atoms with Crippen LogP contribution < -0.4 is 16.0 Å². The number of para-hydroxylation sites is 1. The molecule has 1 aliphatic rings. The lowest BCUT2D eigenvalue weighted by Crippen LogP contribution is -2.54. The van der Waals surface area contributed by atoms with Crippen LogP contribution in [0.4, 0.5) is 5.69 Å². The number of carbonyl (C=O) groups is 2. The topological polar surface area (TPSA) is 79.5 Å². The largest absolute Gasteiger partial charge is 0.368 e. The van der Waals surface area contributed by atoms with Gasteiger partial charge in [0.05, 0.1) is 0 Å². The zero-order valence-electron chi connectivity index (χ0n) is 12.9. The summed E-state index contributed by atoms with van der Waals surface area (Å²) in [4.78, 5) is 24.1. The maximum absolute atomic E-state index is 12.3. The Morgan fingerprint density at radius 1 is 1.23 bits per heavy atom. The molecule has 1 aromatic rings. The molecule has 6 nitrogen and oxygen atoms in total. The number of piperidine rings is 1. The van der Waals surface area contributed by atoms with Crippen molar-refractivity contribution in [3.05, 3.63) is 30.3 Å². The minimum Gasteiger partial charge on any atom is -0.368 e. The van der Waals surface area contributed by atoms with Crippen LogP contribution in [0.2, 0.25) is 0 Å². The highest BCUT2D eigenvalue weighted by molar-refractivity contribution is 5.91. The average molecular weight is 305 g/mol. The standard InChI is InChI=1S/C16H23N3O3/c1-22-16(8-11-17-12-9-16)15(21)18-10-7-14(20)19-13-5-3-2-4-6-13/h2-6,17H,7-12H2,1H3,(H,18,21)(H,19,20). The maximum Gasteiger partial charge on any atom is 0.252 e. The van der Waals surface area contributed by atoms with E-state index in [0.717, 1.165) is 18.8 Å². The number of anilines is 1. The summed E-state index contributed by atoms with van der Waals surface area (Å²) in [6, 6.07) is 9.25. The Hall–Kier alpha value is -1.92. The van der Waals surface area contributed by atoms with Gasteiger partial charge in [0.25, 0.3) is 5.91 Å². The third-order valence-corrected chi connectivity index (χ3v) is 3.91. The number of nitrogens with one attached hydrogen (secondary N) is 3. The number of ether oxygens (including phenoxy) is 1. The van der Waals surface area contributed by atoms with E-state index in [1.807, 2.05) is 30.3 Å². The van der Waals surface area contributed by atoms with Crippen LogP contribution in [-0.2, 0) is 14.3 Å². The summed E-state index contributed by atoms with van der Waals surface area (Å²) in [6.45, 7) is 1.82.